The zero-order valence-corrected chi connectivity index (χ0v) is 8.00. The van der Waals surface area contributed by atoms with E-state index in [0.29, 0.717) is 12.1 Å². The minimum Gasteiger partial charge on any atom is -0.258 e. The zero-order valence-electron chi connectivity index (χ0n) is 8.00. The molecule has 0 aliphatic rings. The first kappa shape index (κ1) is 9.64. The summed E-state index contributed by atoms with van der Waals surface area (Å²) in [5.74, 6) is 0. The number of aryl methyl sites for hydroxylation is 2. The minimum atomic E-state index is -0.353. The van der Waals surface area contributed by atoms with Crippen molar-refractivity contribution < 1.29 is 4.92 Å². The maximum absolute atomic E-state index is 10.7. The van der Waals surface area contributed by atoms with Crippen molar-refractivity contribution in [2.75, 3.05) is 0 Å². The van der Waals surface area contributed by atoms with Crippen LogP contribution in [-0.2, 0) is 6.42 Å². The summed E-state index contributed by atoms with van der Waals surface area (Å²) in [6, 6.07) is 0. The number of hydrogen-bond donors (Lipinski definition) is 0. The van der Waals surface area contributed by atoms with Crippen molar-refractivity contribution in [1.29, 1.82) is 0 Å². The molecule has 1 heterocycles. The third-order valence-corrected chi connectivity index (χ3v) is 2.09. The van der Waals surface area contributed by atoms with Crippen LogP contribution < -0.4 is 0 Å². The van der Waals surface area contributed by atoms with Gasteiger partial charge in [-0.1, -0.05) is 6.92 Å². The Hall–Kier alpha value is -1.45. The van der Waals surface area contributed by atoms with Crippen LogP contribution in [0, 0.1) is 24.0 Å². The van der Waals surface area contributed by atoms with E-state index in [9.17, 15) is 10.1 Å². The molecule has 0 fully saturated rings. The Labute approximate surface area is 76.8 Å². The largest absolute Gasteiger partial charge is 0.293 e. The SMILES string of the molecule is CCc1c(C)cnc(C)c1[N+](=O)[O-]. The number of pyridine rings is 1. The summed E-state index contributed by atoms with van der Waals surface area (Å²) in [6.45, 7) is 5.42. The summed E-state index contributed by atoms with van der Waals surface area (Å²) in [7, 11) is 0. The fourth-order valence-electron chi connectivity index (χ4n) is 1.43. The van der Waals surface area contributed by atoms with E-state index in [1.165, 1.54) is 0 Å². The molecule has 0 unspecified atom stereocenters. The van der Waals surface area contributed by atoms with Crippen molar-refractivity contribution in [3.8, 4) is 0 Å². The molecule has 0 saturated carbocycles. The number of rotatable bonds is 2. The normalized spacial score (nSPS) is 10.1. The second kappa shape index (κ2) is 3.51. The number of hydrogen-bond acceptors (Lipinski definition) is 3. The zero-order chi connectivity index (χ0) is 10.0. The van der Waals surface area contributed by atoms with Crippen LogP contribution in [0.4, 0.5) is 5.69 Å². The molecule has 1 aromatic heterocycles. The Morgan fingerprint density at radius 2 is 2.15 bits per heavy atom. The quantitative estimate of drug-likeness (QED) is 0.517. The van der Waals surface area contributed by atoms with Gasteiger partial charge in [0.25, 0.3) is 5.69 Å². The molecule has 4 nitrogen and oxygen atoms in total. The molecule has 0 spiro atoms. The molecule has 0 amide bonds. The van der Waals surface area contributed by atoms with E-state index in [4.69, 9.17) is 0 Å². The monoisotopic (exact) mass is 180 g/mol. The molecule has 70 valence electrons. The number of aromatic nitrogens is 1. The Kier molecular flexibility index (Phi) is 2.60. The van der Waals surface area contributed by atoms with Gasteiger partial charge in [-0.2, -0.15) is 0 Å². The standard InChI is InChI=1S/C9H12N2O2/c1-4-8-6(2)5-10-7(3)9(8)11(12)13/h5H,4H2,1-3H3. The molecule has 13 heavy (non-hydrogen) atoms. The Balaban J connectivity index is 3.43. The van der Waals surface area contributed by atoms with Crippen LogP contribution in [0.3, 0.4) is 0 Å². The van der Waals surface area contributed by atoms with Crippen molar-refractivity contribution in [2.45, 2.75) is 27.2 Å². The van der Waals surface area contributed by atoms with Gasteiger partial charge in [-0.25, -0.2) is 0 Å². The van der Waals surface area contributed by atoms with Crippen LogP contribution in [0.1, 0.15) is 23.7 Å². The van der Waals surface area contributed by atoms with Gasteiger partial charge in [-0.3, -0.25) is 15.1 Å². The molecule has 0 bridgehead atoms. The van der Waals surface area contributed by atoms with E-state index >= 15 is 0 Å². The second-order valence-corrected chi connectivity index (χ2v) is 2.96. The minimum absolute atomic E-state index is 0.169. The van der Waals surface area contributed by atoms with Gasteiger partial charge in [0, 0.05) is 11.8 Å². The lowest BCUT2D eigenvalue weighted by Gasteiger charge is -2.05. The lowest BCUT2D eigenvalue weighted by Crippen LogP contribution is -2.01. The van der Waals surface area contributed by atoms with Crippen LogP contribution in [0.25, 0.3) is 0 Å². The van der Waals surface area contributed by atoms with Gasteiger partial charge < -0.3 is 0 Å². The highest BCUT2D eigenvalue weighted by atomic mass is 16.6. The van der Waals surface area contributed by atoms with Gasteiger partial charge in [0.2, 0.25) is 0 Å². The van der Waals surface area contributed by atoms with Crippen LogP contribution in [0.15, 0.2) is 6.20 Å². The molecule has 4 heteroatoms. The molecule has 0 N–H and O–H groups in total. The molecule has 0 aliphatic heterocycles. The van der Waals surface area contributed by atoms with E-state index in [0.717, 1.165) is 11.1 Å². The predicted octanol–water partition coefficient (Wildman–Crippen LogP) is 2.17. The van der Waals surface area contributed by atoms with Crippen LogP contribution in [-0.4, -0.2) is 9.91 Å². The van der Waals surface area contributed by atoms with Crippen LogP contribution in [0.2, 0.25) is 0 Å². The predicted molar refractivity (Wildman–Crippen MR) is 49.7 cm³/mol. The summed E-state index contributed by atoms with van der Waals surface area (Å²) in [4.78, 5) is 14.3. The second-order valence-electron chi connectivity index (χ2n) is 2.96. The maximum Gasteiger partial charge on any atom is 0.293 e. The van der Waals surface area contributed by atoms with Gasteiger partial charge in [-0.15, -0.1) is 0 Å². The van der Waals surface area contributed by atoms with E-state index in [1.807, 2.05) is 13.8 Å². The van der Waals surface area contributed by atoms with E-state index < -0.39 is 0 Å². The van der Waals surface area contributed by atoms with E-state index in [-0.39, 0.29) is 10.6 Å². The highest BCUT2D eigenvalue weighted by Crippen LogP contribution is 2.24. The highest BCUT2D eigenvalue weighted by molar-refractivity contribution is 5.47. The molecule has 0 aliphatic carbocycles. The first-order chi connectivity index (χ1) is 6.07. The van der Waals surface area contributed by atoms with Gasteiger partial charge in [0.05, 0.1) is 4.92 Å². The molecule has 0 radical (unpaired) electrons. The van der Waals surface area contributed by atoms with Crippen molar-refractivity contribution in [3.63, 3.8) is 0 Å². The maximum atomic E-state index is 10.7. The van der Waals surface area contributed by atoms with Crippen molar-refractivity contribution >= 4 is 5.69 Å². The van der Waals surface area contributed by atoms with Crippen molar-refractivity contribution in [3.05, 3.63) is 33.1 Å². The van der Waals surface area contributed by atoms with Gasteiger partial charge in [-0.05, 0) is 25.8 Å². The lowest BCUT2D eigenvalue weighted by atomic mass is 10.1. The summed E-state index contributed by atoms with van der Waals surface area (Å²) >= 11 is 0. The Morgan fingerprint density at radius 1 is 1.54 bits per heavy atom. The lowest BCUT2D eigenvalue weighted by molar-refractivity contribution is -0.386. The molecule has 1 rings (SSSR count). The Morgan fingerprint density at radius 3 is 2.54 bits per heavy atom. The summed E-state index contributed by atoms with van der Waals surface area (Å²) < 4.78 is 0. The summed E-state index contributed by atoms with van der Waals surface area (Å²) in [5.41, 5.74) is 2.34. The molecular formula is C9H12N2O2. The van der Waals surface area contributed by atoms with E-state index in [2.05, 4.69) is 4.98 Å². The number of nitrogens with zero attached hydrogens (tertiary/aromatic N) is 2. The highest BCUT2D eigenvalue weighted by Gasteiger charge is 2.18. The third kappa shape index (κ3) is 1.66. The van der Waals surface area contributed by atoms with Crippen molar-refractivity contribution in [2.24, 2.45) is 0 Å². The van der Waals surface area contributed by atoms with Crippen molar-refractivity contribution in [1.82, 2.24) is 4.98 Å². The fourth-order valence-corrected chi connectivity index (χ4v) is 1.43. The first-order valence-electron chi connectivity index (χ1n) is 4.17. The van der Waals surface area contributed by atoms with E-state index in [1.54, 1.807) is 13.1 Å². The molecular weight excluding hydrogens is 168 g/mol. The van der Waals surface area contributed by atoms with Gasteiger partial charge >= 0.3 is 0 Å². The average Bonchev–Trinajstić information content (AvgIpc) is 2.07. The fraction of sp³-hybridized carbons (Fsp3) is 0.444. The summed E-state index contributed by atoms with van der Waals surface area (Å²) in [6.07, 6.45) is 2.35. The number of nitro groups is 1. The molecule has 0 saturated heterocycles. The molecule has 0 atom stereocenters. The van der Waals surface area contributed by atoms with Crippen LogP contribution in [0.5, 0.6) is 0 Å². The van der Waals surface area contributed by atoms with Gasteiger partial charge in [0.1, 0.15) is 5.69 Å². The average molecular weight is 180 g/mol. The van der Waals surface area contributed by atoms with Gasteiger partial charge in [0.15, 0.2) is 0 Å². The Bertz CT molecular complexity index is 348. The van der Waals surface area contributed by atoms with Crippen LogP contribution >= 0.6 is 0 Å². The molecule has 1 aromatic rings. The topological polar surface area (TPSA) is 56.0 Å². The smallest absolute Gasteiger partial charge is 0.258 e. The summed E-state index contributed by atoms with van der Waals surface area (Å²) in [5, 5.41) is 10.7. The third-order valence-electron chi connectivity index (χ3n) is 2.09. The molecule has 0 aromatic carbocycles. The first-order valence-corrected chi connectivity index (χ1v) is 4.17.